The van der Waals surface area contributed by atoms with Gasteiger partial charge in [-0.15, -0.1) is 0 Å². The summed E-state index contributed by atoms with van der Waals surface area (Å²) >= 11 is 0. The first-order chi connectivity index (χ1) is 14.0. The molecule has 0 fully saturated rings. The maximum atomic E-state index is 12.5. The quantitative estimate of drug-likeness (QED) is 0.341. The second-order valence-electron chi connectivity index (χ2n) is 7.87. The van der Waals surface area contributed by atoms with Crippen molar-refractivity contribution in [3.8, 4) is 0 Å². The van der Waals surface area contributed by atoms with Crippen molar-refractivity contribution in [3.63, 3.8) is 0 Å². The zero-order valence-corrected chi connectivity index (χ0v) is 17.8. The smallest absolute Gasteiger partial charge is 0.326 e. The largest absolute Gasteiger partial charge is 0.480 e. The van der Waals surface area contributed by atoms with Crippen molar-refractivity contribution in [2.75, 3.05) is 6.54 Å². The topological polar surface area (TPSA) is 151 Å². The molecule has 0 aliphatic rings. The van der Waals surface area contributed by atoms with Crippen LogP contribution in [0.3, 0.4) is 0 Å². The number of carboxylic acids is 1. The molecular formula is C21H32N4O5. The van der Waals surface area contributed by atoms with Crippen molar-refractivity contribution in [2.24, 2.45) is 17.6 Å². The Morgan fingerprint density at radius 3 is 1.97 bits per heavy atom. The van der Waals surface area contributed by atoms with Gasteiger partial charge in [-0.2, -0.15) is 0 Å². The Bertz CT molecular complexity index is 736. The molecule has 166 valence electrons. The van der Waals surface area contributed by atoms with Crippen molar-refractivity contribution < 1.29 is 24.3 Å². The number of carbonyl (C=O) groups excluding carboxylic acids is 3. The molecule has 0 aromatic heterocycles. The first-order valence-electron chi connectivity index (χ1n) is 9.92. The molecule has 3 unspecified atom stereocenters. The molecule has 0 heterocycles. The summed E-state index contributed by atoms with van der Waals surface area (Å²) in [6.45, 7) is 6.46. The van der Waals surface area contributed by atoms with Crippen LogP contribution in [-0.2, 0) is 25.6 Å². The fourth-order valence-electron chi connectivity index (χ4n) is 2.78. The Labute approximate surface area is 176 Å². The molecule has 0 aliphatic heterocycles. The van der Waals surface area contributed by atoms with E-state index in [0.29, 0.717) is 6.42 Å². The minimum absolute atomic E-state index is 0.286. The molecule has 9 nitrogen and oxygen atoms in total. The molecule has 0 radical (unpaired) electrons. The van der Waals surface area contributed by atoms with Gasteiger partial charge in [-0.25, -0.2) is 4.79 Å². The average Bonchev–Trinajstić information content (AvgIpc) is 2.68. The van der Waals surface area contributed by atoms with Crippen LogP contribution in [0.5, 0.6) is 0 Å². The Morgan fingerprint density at radius 2 is 1.47 bits per heavy atom. The number of nitrogens with one attached hydrogen (secondary N) is 3. The van der Waals surface area contributed by atoms with Crippen LogP contribution in [0.4, 0.5) is 0 Å². The van der Waals surface area contributed by atoms with Gasteiger partial charge in [-0.05, 0) is 23.8 Å². The summed E-state index contributed by atoms with van der Waals surface area (Å²) < 4.78 is 0. The third kappa shape index (κ3) is 8.20. The van der Waals surface area contributed by atoms with Crippen LogP contribution >= 0.6 is 0 Å². The molecule has 0 bridgehead atoms. The number of carboxylic acid groups (broad SMARTS) is 1. The van der Waals surface area contributed by atoms with Gasteiger partial charge in [0.25, 0.3) is 0 Å². The van der Waals surface area contributed by atoms with Crippen LogP contribution in [0, 0.1) is 11.8 Å². The van der Waals surface area contributed by atoms with Crippen molar-refractivity contribution in [2.45, 2.75) is 52.2 Å². The number of carbonyl (C=O) groups is 4. The van der Waals surface area contributed by atoms with Crippen LogP contribution in [-0.4, -0.2) is 53.5 Å². The van der Waals surface area contributed by atoms with Crippen molar-refractivity contribution in [1.29, 1.82) is 0 Å². The minimum atomic E-state index is -1.15. The van der Waals surface area contributed by atoms with E-state index < -0.39 is 41.8 Å². The second kappa shape index (κ2) is 11.9. The lowest BCUT2D eigenvalue weighted by molar-refractivity contribution is -0.143. The number of aliphatic carboxylic acids is 1. The van der Waals surface area contributed by atoms with Gasteiger partial charge in [-0.3, -0.25) is 14.4 Å². The van der Waals surface area contributed by atoms with E-state index in [1.807, 2.05) is 30.3 Å². The Kier molecular flexibility index (Phi) is 9.97. The lowest BCUT2D eigenvalue weighted by Gasteiger charge is -2.25. The molecule has 1 aromatic carbocycles. The summed E-state index contributed by atoms with van der Waals surface area (Å²) in [6.07, 6.45) is 0.330. The van der Waals surface area contributed by atoms with E-state index in [1.165, 1.54) is 0 Å². The van der Waals surface area contributed by atoms with Crippen molar-refractivity contribution in [1.82, 2.24) is 16.0 Å². The van der Waals surface area contributed by atoms with Gasteiger partial charge in [-0.1, -0.05) is 58.0 Å². The normalized spacial score (nSPS) is 14.0. The summed E-state index contributed by atoms with van der Waals surface area (Å²) in [6, 6.07) is 6.45. The lowest BCUT2D eigenvalue weighted by atomic mass is 10.0. The number of nitrogens with two attached hydrogens (primary N) is 1. The zero-order chi connectivity index (χ0) is 22.8. The van der Waals surface area contributed by atoms with E-state index in [4.69, 9.17) is 5.73 Å². The predicted octanol–water partition coefficient (Wildman–Crippen LogP) is 0.0388. The molecule has 9 heteroatoms. The van der Waals surface area contributed by atoms with E-state index in [2.05, 4.69) is 16.0 Å². The maximum absolute atomic E-state index is 12.5. The third-order valence-corrected chi connectivity index (χ3v) is 4.55. The molecule has 6 N–H and O–H groups in total. The van der Waals surface area contributed by atoms with Gasteiger partial charge >= 0.3 is 5.97 Å². The first-order valence-corrected chi connectivity index (χ1v) is 9.92. The summed E-state index contributed by atoms with van der Waals surface area (Å²) in [4.78, 5) is 48.2. The number of amides is 3. The minimum Gasteiger partial charge on any atom is -0.480 e. The first kappa shape index (κ1) is 25.1. The van der Waals surface area contributed by atoms with E-state index >= 15 is 0 Å². The third-order valence-electron chi connectivity index (χ3n) is 4.55. The summed E-state index contributed by atoms with van der Waals surface area (Å²) in [5.74, 6) is -3.39. The highest BCUT2D eigenvalue weighted by molar-refractivity contribution is 5.92. The fraction of sp³-hybridized carbons (Fsp3) is 0.524. The highest BCUT2D eigenvalue weighted by Gasteiger charge is 2.30. The Morgan fingerprint density at radius 1 is 0.900 bits per heavy atom. The highest BCUT2D eigenvalue weighted by atomic mass is 16.4. The molecular weight excluding hydrogens is 388 g/mol. The number of rotatable bonds is 11. The predicted molar refractivity (Wildman–Crippen MR) is 112 cm³/mol. The van der Waals surface area contributed by atoms with Crippen LogP contribution < -0.4 is 21.7 Å². The van der Waals surface area contributed by atoms with Crippen LogP contribution in [0.25, 0.3) is 0 Å². The maximum Gasteiger partial charge on any atom is 0.326 e. The molecule has 0 spiro atoms. The molecule has 0 saturated carbocycles. The monoisotopic (exact) mass is 420 g/mol. The van der Waals surface area contributed by atoms with Gasteiger partial charge < -0.3 is 26.8 Å². The van der Waals surface area contributed by atoms with Gasteiger partial charge in [0.1, 0.15) is 12.1 Å². The van der Waals surface area contributed by atoms with E-state index in [-0.39, 0.29) is 18.4 Å². The Hall–Kier alpha value is -2.94. The molecule has 1 aromatic rings. The van der Waals surface area contributed by atoms with Crippen LogP contribution in [0.15, 0.2) is 30.3 Å². The number of hydrogen-bond donors (Lipinski definition) is 5. The standard InChI is InChI=1S/C21H32N4O5/c1-12(2)17(20(28)25-18(13(3)4)21(29)30)24-16(26)11-23-19(27)15(22)10-14-8-6-5-7-9-14/h5-9,12-13,15,17-18H,10-11,22H2,1-4H3,(H,23,27)(H,24,26)(H,25,28)(H,29,30). The highest BCUT2D eigenvalue weighted by Crippen LogP contribution is 2.06. The molecule has 0 saturated heterocycles. The van der Waals surface area contributed by atoms with Gasteiger partial charge in [0.15, 0.2) is 0 Å². The SMILES string of the molecule is CC(C)C(NC(=O)C(NC(=O)CNC(=O)C(N)Cc1ccccc1)C(C)C)C(=O)O. The average molecular weight is 421 g/mol. The van der Waals surface area contributed by atoms with Crippen molar-refractivity contribution in [3.05, 3.63) is 35.9 Å². The number of hydrogen-bond acceptors (Lipinski definition) is 5. The molecule has 3 atom stereocenters. The lowest BCUT2D eigenvalue weighted by Crippen LogP contribution is -2.56. The molecule has 30 heavy (non-hydrogen) atoms. The van der Waals surface area contributed by atoms with Crippen LogP contribution in [0.1, 0.15) is 33.3 Å². The van der Waals surface area contributed by atoms with Crippen LogP contribution in [0.2, 0.25) is 0 Å². The molecule has 0 aliphatic carbocycles. The summed E-state index contributed by atoms with van der Waals surface area (Å²) in [5, 5.41) is 16.7. The Balaban J connectivity index is 2.59. The van der Waals surface area contributed by atoms with Gasteiger partial charge in [0, 0.05) is 0 Å². The van der Waals surface area contributed by atoms with E-state index in [0.717, 1.165) is 5.56 Å². The van der Waals surface area contributed by atoms with E-state index in [9.17, 15) is 24.3 Å². The van der Waals surface area contributed by atoms with E-state index in [1.54, 1.807) is 27.7 Å². The van der Waals surface area contributed by atoms with Gasteiger partial charge in [0.05, 0.1) is 12.6 Å². The summed E-state index contributed by atoms with van der Waals surface area (Å²) in [5.41, 5.74) is 6.78. The molecule has 3 amide bonds. The van der Waals surface area contributed by atoms with Gasteiger partial charge in [0.2, 0.25) is 17.7 Å². The van der Waals surface area contributed by atoms with Crippen molar-refractivity contribution >= 4 is 23.7 Å². The summed E-state index contributed by atoms with van der Waals surface area (Å²) in [7, 11) is 0. The zero-order valence-electron chi connectivity index (χ0n) is 17.8. The second-order valence-corrected chi connectivity index (χ2v) is 7.87. The number of benzene rings is 1. The fourth-order valence-corrected chi connectivity index (χ4v) is 2.78. The molecule has 1 rings (SSSR count).